The van der Waals surface area contributed by atoms with Gasteiger partial charge in [0.25, 0.3) is 5.91 Å². The Balaban J connectivity index is 2.09. The molecule has 1 amide bonds. The number of aryl methyl sites for hydroxylation is 1. The van der Waals surface area contributed by atoms with Crippen molar-refractivity contribution >= 4 is 18.5 Å². The molecule has 1 aromatic carbocycles. The number of hydrogen-bond acceptors (Lipinski definition) is 4. The van der Waals surface area contributed by atoms with Crippen LogP contribution in [0, 0.1) is 12.7 Å². The monoisotopic (exact) mass is 345 g/mol. The van der Waals surface area contributed by atoms with Crippen LogP contribution in [-0.2, 0) is 9.31 Å². The summed E-state index contributed by atoms with van der Waals surface area (Å²) in [4.78, 5) is 11.5. The summed E-state index contributed by atoms with van der Waals surface area (Å²) < 4.78 is 26.7. The van der Waals surface area contributed by atoms with E-state index in [0.717, 1.165) is 0 Å². The summed E-state index contributed by atoms with van der Waals surface area (Å²) in [6.07, 6.45) is 1.35. The van der Waals surface area contributed by atoms with E-state index in [0.29, 0.717) is 11.0 Å². The summed E-state index contributed by atoms with van der Waals surface area (Å²) >= 11 is 0. The van der Waals surface area contributed by atoms with Crippen LogP contribution in [0.5, 0.6) is 0 Å². The molecule has 1 aliphatic heterocycles. The van der Waals surface area contributed by atoms with E-state index in [9.17, 15) is 9.18 Å². The Labute approximate surface area is 146 Å². The van der Waals surface area contributed by atoms with Gasteiger partial charge in [-0.05, 0) is 57.8 Å². The van der Waals surface area contributed by atoms with E-state index in [1.54, 1.807) is 13.0 Å². The van der Waals surface area contributed by atoms with Gasteiger partial charge in [0, 0.05) is 11.8 Å². The maximum Gasteiger partial charge on any atom is 0.495 e. The van der Waals surface area contributed by atoms with Crippen LogP contribution in [0.15, 0.2) is 18.3 Å². The lowest BCUT2D eigenvalue weighted by Crippen LogP contribution is -2.41. The number of nitrogens with two attached hydrogens (primary N) is 1. The molecule has 6 nitrogen and oxygen atoms in total. The molecule has 0 saturated carbocycles. The molecule has 0 aliphatic carbocycles. The lowest BCUT2D eigenvalue weighted by Gasteiger charge is -2.32. The van der Waals surface area contributed by atoms with Gasteiger partial charge in [-0.15, -0.1) is 0 Å². The fourth-order valence-electron chi connectivity index (χ4n) is 2.78. The first kappa shape index (κ1) is 17.6. The molecule has 2 heterocycles. The second-order valence-electron chi connectivity index (χ2n) is 7.29. The van der Waals surface area contributed by atoms with E-state index in [1.807, 2.05) is 27.7 Å². The van der Waals surface area contributed by atoms with E-state index >= 15 is 0 Å². The topological polar surface area (TPSA) is 90.2 Å². The van der Waals surface area contributed by atoms with Crippen molar-refractivity contribution in [2.45, 2.75) is 45.8 Å². The zero-order valence-electron chi connectivity index (χ0n) is 14.9. The molecule has 132 valence electrons. The minimum absolute atomic E-state index is 0.127. The first-order chi connectivity index (χ1) is 11.5. The van der Waals surface area contributed by atoms with Crippen molar-refractivity contribution in [2.75, 3.05) is 0 Å². The molecule has 0 bridgehead atoms. The van der Waals surface area contributed by atoms with Crippen LogP contribution in [0.2, 0.25) is 0 Å². The van der Waals surface area contributed by atoms with E-state index in [-0.39, 0.29) is 16.8 Å². The molecule has 1 aliphatic rings. The van der Waals surface area contributed by atoms with Crippen molar-refractivity contribution in [2.24, 2.45) is 5.73 Å². The number of amides is 1. The standard InChI is InChI=1S/C17H21BFN3O3/c1-9-6-13(19)10(14-11(15(20)23)8-21-22-14)7-12(9)18-24-16(2,3)17(4,5)25-18/h6-8H,1-5H3,(H2,20,23)(H,21,22). The highest BCUT2D eigenvalue weighted by Gasteiger charge is 2.52. The fraction of sp³-hybridized carbons (Fsp3) is 0.412. The number of rotatable bonds is 3. The number of halogens is 1. The largest absolute Gasteiger partial charge is 0.495 e. The van der Waals surface area contributed by atoms with Crippen LogP contribution >= 0.6 is 0 Å². The fourth-order valence-corrected chi connectivity index (χ4v) is 2.78. The van der Waals surface area contributed by atoms with Crippen LogP contribution in [-0.4, -0.2) is 34.4 Å². The molecule has 1 aromatic heterocycles. The molecule has 0 radical (unpaired) electrons. The number of carbonyl (C=O) groups is 1. The van der Waals surface area contributed by atoms with Crippen molar-refractivity contribution in [1.29, 1.82) is 0 Å². The number of H-pyrrole nitrogens is 1. The van der Waals surface area contributed by atoms with Gasteiger partial charge in [0.1, 0.15) is 11.5 Å². The highest BCUT2D eigenvalue weighted by molar-refractivity contribution is 6.62. The molecule has 1 saturated heterocycles. The summed E-state index contributed by atoms with van der Waals surface area (Å²) in [5.74, 6) is -1.17. The quantitative estimate of drug-likeness (QED) is 0.832. The third-order valence-corrected chi connectivity index (χ3v) is 5.02. The SMILES string of the molecule is Cc1cc(F)c(-c2n[nH]cc2C(N)=O)cc1B1OC(C)(C)C(C)(C)O1. The average Bonchev–Trinajstić information content (AvgIpc) is 3.02. The Morgan fingerprint density at radius 3 is 2.40 bits per heavy atom. The first-order valence-corrected chi connectivity index (χ1v) is 8.03. The van der Waals surface area contributed by atoms with Gasteiger partial charge in [-0.1, -0.05) is 0 Å². The molecule has 0 spiro atoms. The maximum atomic E-state index is 14.5. The Kier molecular flexibility index (Phi) is 4.00. The van der Waals surface area contributed by atoms with Gasteiger partial charge in [0.05, 0.1) is 16.8 Å². The molecule has 0 unspecified atom stereocenters. The van der Waals surface area contributed by atoms with Crippen LogP contribution in [0.3, 0.4) is 0 Å². The number of nitrogens with zero attached hydrogens (tertiary/aromatic N) is 1. The molecule has 3 rings (SSSR count). The summed E-state index contributed by atoms with van der Waals surface area (Å²) in [6.45, 7) is 9.58. The third kappa shape index (κ3) is 2.85. The second-order valence-corrected chi connectivity index (χ2v) is 7.29. The van der Waals surface area contributed by atoms with Gasteiger partial charge in [-0.3, -0.25) is 9.89 Å². The number of hydrogen-bond donors (Lipinski definition) is 2. The van der Waals surface area contributed by atoms with Crippen LogP contribution in [0.25, 0.3) is 11.3 Å². The van der Waals surface area contributed by atoms with Gasteiger partial charge in [0.15, 0.2) is 0 Å². The molecular formula is C17H21BFN3O3. The zero-order chi connectivity index (χ0) is 18.6. The number of aromatic nitrogens is 2. The Hall–Kier alpha value is -2.19. The Bertz CT molecular complexity index is 832. The lowest BCUT2D eigenvalue weighted by molar-refractivity contribution is 0.00578. The predicted octanol–water partition coefficient (Wildman–Crippen LogP) is 1.92. The molecule has 25 heavy (non-hydrogen) atoms. The lowest BCUT2D eigenvalue weighted by atomic mass is 9.75. The van der Waals surface area contributed by atoms with Crippen molar-refractivity contribution < 1.29 is 18.5 Å². The summed E-state index contributed by atoms with van der Waals surface area (Å²) in [5, 5.41) is 6.53. The minimum atomic E-state index is -0.680. The summed E-state index contributed by atoms with van der Waals surface area (Å²) in [6, 6.07) is 2.99. The van der Waals surface area contributed by atoms with Crippen molar-refractivity contribution in [3.05, 3.63) is 35.3 Å². The van der Waals surface area contributed by atoms with Crippen LogP contribution in [0.4, 0.5) is 4.39 Å². The molecule has 2 aromatic rings. The normalized spacial score (nSPS) is 18.6. The molecule has 3 N–H and O–H groups in total. The van der Waals surface area contributed by atoms with Crippen molar-refractivity contribution in [3.8, 4) is 11.3 Å². The van der Waals surface area contributed by atoms with E-state index < -0.39 is 30.0 Å². The second kappa shape index (κ2) is 5.67. The Morgan fingerprint density at radius 2 is 1.84 bits per heavy atom. The maximum absolute atomic E-state index is 14.5. The molecule has 1 fully saturated rings. The van der Waals surface area contributed by atoms with Gasteiger partial charge >= 0.3 is 7.12 Å². The van der Waals surface area contributed by atoms with E-state index in [4.69, 9.17) is 15.0 Å². The van der Waals surface area contributed by atoms with Gasteiger partial charge in [-0.2, -0.15) is 5.10 Å². The molecule has 0 atom stereocenters. The third-order valence-electron chi connectivity index (χ3n) is 5.02. The number of benzene rings is 1. The highest BCUT2D eigenvalue weighted by atomic mass is 19.1. The minimum Gasteiger partial charge on any atom is -0.399 e. The highest BCUT2D eigenvalue weighted by Crippen LogP contribution is 2.37. The van der Waals surface area contributed by atoms with Crippen LogP contribution in [0.1, 0.15) is 43.6 Å². The van der Waals surface area contributed by atoms with E-state index in [2.05, 4.69) is 10.2 Å². The van der Waals surface area contributed by atoms with E-state index in [1.165, 1.54) is 12.3 Å². The Morgan fingerprint density at radius 1 is 1.24 bits per heavy atom. The summed E-state index contributed by atoms with van der Waals surface area (Å²) in [7, 11) is -0.639. The molecular weight excluding hydrogens is 324 g/mol. The number of aromatic amines is 1. The average molecular weight is 345 g/mol. The van der Waals surface area contributed by atoms with Crippen molar-refractivity contribution in [3.63, 3.8) is 0 Å². The smallest absolute Gasteiger partial charge is 0.399 e. The summed E-state index contributed by atoms with van der Waals surface area (Å²) in [5.41, 5.74) is 6.16. The first-order valence-electron chi connectivity index (χ1n) is 8.03. The van der Waals surface area contributed by atoms with Crippen LogP contribution < -0.4 is 11.2 Å². The van der Waals surface area contributed by atoms with Gasteiger partial charge < -0.3 is 15.0 Å². The number of carbonyl (C=O) groups excluding carboxylic acids is 1. The number of nitrogens with one attached hydrogen (secondary N) is 1. The van der Waals surface area contributed by atoms with Gasteiger partial charge in [-0.25, -0.2) is 4.39 Å². The number of primary amides is 1. The zero-order valence-corrected chi connectivity index (χ0v) is 14.9. The molecule has 8 heteroatoms. The van der Waals surface area contributed by atoms with Crippen molar-refractivity contribution in [1.82, 2.24) is 10.2 Å². The van der Waals surface area contributed by atoms with Gasteiger partial charge in [0.2, 0.25) is 0 Å². The predicted molar refractivity (Wildman–Crippen MR) is 93.0 cm³/mol.